The smallest absolute Gasteiger partial charge is 0.332 e. The Morgan fingerprint density at radius 2 is 1.79 bits per heavy atom. The van der Waals surface area contributed by atoms with Crippen LogP contribution in [-0.2, 0) is 19.0 Å². The maximum atomic E-state index is 11.0. The molecular weight excluding hydrogens is 326 g/mol. The summed E-state index contributed by atoms with van der Waals surface area (Å²) in [6, 6.07) is -0.243. The van der Waals surface area contributed by atoms with E-state index in [4.69, 9.17) is 34.6 Å². The van der Waals surface area contributed by atoms with Gasteiger partial charge in [-0.2, -0.15) is 4.99 Å². The average Bonchev–Trinajstić information content (AvgIpc) is 2.57. The third-order valence-electron chi connectivity index (χ3n) is 2.54. The number of aliphatic hydroxyl groups is 3. The van der Waals surface area contributed by atoms with Crippen molar-refractivity contribution in [2.45, 2.75) is 13.3 Å². The second-order valence-electron chi connectivity index (χ2n) is 4.40. The van der Waals surface area contributed by atoms with Gasteiger partial charge in [0.2, 0.25) is 6.35 Å². The summed E-state index contributed by atoms with van der Waals surface area (Å²) in [6.45, 7) is 0.285. The Labute approximate surface area is 138 Å². The molecule has 11 heteroatoms. The minimum Gasteiger partial charge on any atom is -0.478 e. The van der Waals surface area contributed by atoms with E-state index in [-0.39, 0.29) is 57.3 Å². The fourth-order valence-corrected chi connectivity index (χ4v) is 1.53. The van der Waals surface area contributed by atoms with Crippen molar-refractivity contribution in [1.82, 2.24) is 4.90 Å². The SMILES string of the molecule is CC(=CN1C(OCCO)=NC(OCCO)=NC1OCCO)C(=O)O. The van der Waals surface area contributed by atoms with Crippen LogP contribution in [0.2, 0.25) is 0 Å². The number of carboxylic acid groups (broad SMARTS) is 1. The molecule has 0 amide bonds. The maximum Gasteiger partial charge on any atom is 0.332 e. The van der Waals surface area contributed by atoms with Gasteiger partial charge in [-0.05, 0) is 6.92 Å². The average molecular weight is 347 g/mol. The van der Waals surface area contributed by atoms with Crippen LogP contribution in [0.25, 0.3) is 0 Å². The molecule has 1 rings (SSSR count). The molecule has 0 aromatic rings. The van der Waals surface area contributed by atoms with Gasteiger partial charge in [0, 0.05) is 6.20 Å². The van der Waals surface area contributed by atoms with Gasteiger partial charge >= 0.3 is 18.0 Å². The number of amidine groups is 2. The lowest BCUT2D eigenvalue weighted by molar-refractivity contribution is -0.132. The molecule has 0 saturated carbocycles. The predicted molar refractivity (Wildman–Crippen MR) is 81.0 cm³/mol. The Hall–Kier alpha value is -2.21. The Morgan fingerprint density at radius 1 is 1.17 bits per heavy atom. The highest BCUT2D eigenvalue weighted by Crippen LogP contribution is 2.15. The topological polar surface area (TPSA) is 154 Å². The molecule has 0 bridgehead atoms. The second-order valence-corrected chi connectivity index (χ2v) is 4.40. The van der Waals surface area contributed by atoms with Crippen LogP contribution in [0.4, 0.5) is 0 Å². The lowest BCUT2D eigenvalue weighted by Gasteiger charge is -2.30. The van der Waals surface area contributed by atoms with Crippen LogP contribution in [0.1, 0.15) is 6.92 Å². The summed E-state index contributed by atoms with van der Waals surface area (Å²) >= 11 is 0. The van der Waals surface area contributed by atoms with Crippen LogP contribution in [0.5, 0.6) is 0 Å². The maximum absolute atomic E-state index is 11.0. The molecule has 4 N–H and O–H groups in total. The number of nitrogens with zero attached hydrogens (tertiary/aromatic N) is 3. The van der Waals surface area contributed by atoms with E-state index in [0.29, 0.717) is 0 Å². The highest BCUT2D eigenvalue weighted by Gasteiger charge is 2.29. The first-order valence-corrected chi connectivity index (χ1v) is 7.09. The molecule has 0 aliphatic carbocycles. The van der Waals surface area contributed by atoms with Crippen molar-refractivity contribution in [3.63, 3.8) is 0 Å². The summed E-state index contributed by atoms with van der Waals surface area (Å²) in [5.74, 6) is -1.16. The zero-order valence-electron chi connectivity index (χ0n) is 13.2. The third-order valence-corrected chi connectivity index (χ3v) is 2.54. The molecular formula is C13H21N3O8. The molecule has 1 aliphatic heterocycles. The minimum absolute atomic E-state index is 0.0391. The molecule has 11 nitrogen and oxygen atoms in total. The fourth-order valence-electron chi connectivity index (χ4n) is 1.53. The summed E-state index contributed by atoms with van der Waals surface area (Å²) in [4.78, 5) is 20.2. The molecule has 0 aromatic carbocycles. The van der Waals surface area contributed by atoms with Gasteiger partial charge in [0.25, 0.3) is 0 Å². The van der Waals surface area contributed by atoms with Crippen LogP contribution >= 0.6 is 0 Å². The van der Waals surface area contributed by atoms with E-state index in [1.165, 1.54) is 18.0 Å². The fraction of sp³-hybridized carbons (Fsp3) is 0.615. The third kappa shape index (κ3) is 6.12. The highest BCUT2D eigenvalue weighted by atomic mass is 16.6. The molecule has 1 atom stereocenters. The summed E-state index contributed by atoms with van der Waals surface area (Å²) < 4.78 is 15.7. The van der Waals surface area contributed by atoms with Crippen molar-refractivity contribution >= 4 is 18.0 Å². The zero-order chi connectivity index (χ0) is 17.9. The first-order chi connectivity index (χ1) is 11.5. The van der Waals surface area contributed by atoms with E-state index >= 15 is 0 Å². The largest absolute Gasteiger partial charge is 0.478 e. The standard InChI is InChI=1S/C13H21N3O8/c1-9(10(20)21)8-16-12(23-6-3-18)14-11(22-5-2-17)15-13(16)24-7-4-19/h8,12,17-19H,2-7H2,1H3,(H,20,21). The number of hydrogen-bond donors (Lipinski definition) is 4. The number of aliphatic imine (C=N–C) groups is 2. The highest BCUT2D eigenvalue weighted by molar-refractivity contribution is 5.93. The number of aliphatic hydroxyl groups excluding tert-OH is 3. The van der Waals surface area contributed by atoms with Crippen molar-refractivity contribution in [2.24, 2.45) is 9.98 Å². The summed E-state index contributed by atoms with van der Waals surface area (Å²) in [6.07, 6.45) is 0.110. The zero-order valence-corrected chi connectivity index (χ0v) is 13.2. The van der Waals surface area contributed by atoms with Crippen molar-refractivity contribution in [3.05, 3.63) is 11.8 Å². The van der Waals surface area contributed by atoms with Gasteiger partial charge in [0.05, 0.1) is 32.0 Å². The molecule has 0 fully saturated rings. The van der Waals surface area contributed by atoms with Crippen LogP contribution in [0.3, 0.4) is 0 Å². The number of ether oxygens (including phenoxy) is 3. The lowest BCUT2D eigenvalue weighted by Crippen LogP contribution is -2.43. The first kappa shape index (κ1) is 19.8. The van der Waals surface area contributed by atoms with Gasteiger partial charge in [-0.25, -0.2) is 4.79 Å². The Morgan fingerprint density at radius 3 is 2.38 bits per heavy atom. The van der Waals surface area contributed by atoms with Crippen molar-refractivity contribution in [2.75, 3.05) is 39.6 Å². The van der Waals surface area contributed by atoms with E-state index < -0.39 is 12.3 Å². The van der Waals surface area contributed by atoms with E-state index in [1.807, 2.05) is 0 Å². The quantitative estimate of drug-likeness (QED) is 0.358. The molecule has 1 aliphatic rings. The molecule has 1 unspecified atom stereocenters. The van der Waals surface area contributed by atoms with Crippen LogP contribution in [0.15, 0.2) is 21.8 Å². The predicted octanol–water partition coefficient (Wildman–Crippen LogP) is -1.69. The number of rotatable bonds is 9. The van der Waals surface area contributed by atoms with Gasteiger partial charge in [0.15, 0.2) is 0 Å². The molecule has 0 saturated heterocycles. The molecule has 0 spiro atoms. The van der Waals surface area contributed by atoms with E-state index in [2.05, 4.69) is 9.98 Å². The van der Waals surface area contributed by atoms with Crippen LogP contribution in [-0.4, -0.2) is 89.3 Å². The molecule has 0 aromatic heterocycles. The monoisotopic (exact) mass is 347 g/mol. The number of carboxylic acids is 1. The van der Waals surface area contributed by atoms with E-state index in [0.717, 1.165) is 0 Å². The second kappa shape index (κ2) is 10.5. The molecule has 136 valence electrons. The molecule has 0 radical (unpaired) electrons. The van der Waals surface area contributed by atoms with Gasteiger partial charge in [-0.3, -0.25) is 4.90 Å². The van der Waals surface area contributed by atoms with Crippen LogP contribution in [0, 0.1) is 0 Å². The summed E-state index contributed by atoms with van der Waals surface area (Å²) in [5.41, 5.74) is -0.0391. The number of aliphatic carboxylic acids is 1. The summed E-state index contributed by atoms with van der Waals surface area (Å²) in [7, 11) is 0. The van der Waals surface area contributed by atoms with Gasteiger partial charge in [0.1, 0.15) is 13.2 Å². The lowest BCUT2D eigenvalue weighted by atomic mass is 10.3. The Kier molecular flexibility index (Phi) is 8.71. The van der Waals surface area contributed by atoms with Crippen molar-refractivity contribution in [3.8, 4) is 0 Å². The minimum atomic E-state index is -1.16. The van der Waals surface area contributed by atoms with E-state index in [1.54, 1.807) is 0 Å². The van der Waals surface area contributed by atoms with Crippen LogP contribution < -0.4 is 0 Å². The normalized spacial score (nSPS) is 18.1. The summed E-state index contributed by atoms with van der Waals surface area (Å²) in [5, 5.41) is 35.6. The molecule has 1 heterocycles. The van der Waals surface area contributed by atoms with Gasteiger partial charge in [-0.1, -0.05) is 0 Å². The van der Waals surface area contributed by atoms with E-state index in [9.17, 15) is 4.79 Å². The van der Waals surface area contributed by atoms with Gasteiger partial charge < -0.3 is 34.6 Å². The van der Waals surface area contributed by atoms with Gasteiger partial charge in [-0.15, -0.1) is 4.99 Å². The number of carbonyl (C=O) groups is 1. The van der Waals surface area contributed by atoms with Crippen molar-refractivity contribution < 1.29 is 39.4 Å². The first-order valence-electron chi connectivity index (χ1n) is 7.09. The Balaban J connectivity index is 3.10. The number of hydrogen-bond acceptors (Lipinski definition) is 10. The Bertz CT molecular complexity index is 505. The van der Waals surface area contributed by atoms with Crippen molar-refractivity contribution in [1.29, 1.82) is 0 Å². The molecule has 24 heavy (non-hydrogen) atoms.